The molecule has 0 radical (unpaired) electrons. The van der Waals surface area contributed by atoms with Gasteiger partial charge >= 0.3 is 0 Å². The molecule has 1 aromatic heterocycles. The molecule has 0 N–H and O–H groups in total. The molecule has 0 bridgehead atoms. The summed E-state index contributed by atoms with van der Waals surface area (Å²) in [6.07, 6.45) is 4.94. The van der Waals surface area contributed by atoms with Crippen LogP contribution in [-0.4, -0.2) is 68.8 Å². The van der Waals surface area contributed by atoms with E-state index in [1.54, 1.807) is 23.7 Å². The molecule has 24 heavy (non-hydrogen) atoms. The number of aromatic nitrogens is 1. The Labute approximate surface area is 142 Å². The molecule has 6 nitrogen and oxygen atoms in total. The highest BCUT2D eigenvalue weighted by molar-refractivity contribution is 7.88. The van der Waals surface area contributed by atoms with Gasteiger partial charge in [0.05, 0.1) is 19.1 Å². The fourth-order valence-electron chi connectivity index (χ4n) is 4.00. The van der Waals surface area contributed by atoms with E-state index in [-0.39, 0.29) is 17.2 Å². The van der Waals surface area contributed by atoms with Crippen LogP contribution in [0.2, 0.25) is 0 Å². The van der Waals surface area contributed by atoms with E-state index in [0.717, 1.165) is 19.5 Å². The Balaban J connectivity index is 1.75. The average molecular weight is 357 g/mol. The summed E-state index contributed by atoms with van der Waals surface area (Å²) in [7, 11) is -1.55. The lowest BCUT2D eigenvalue weighted by Gasteiger charge is -2.43. The Morgan fingerprint density at radius 2 is 2.25 bits per heavy atom. The molecule has 0 aromatic carbocycles. The van der Waals surface area contributed by atoms with E-state index in [1.807, 2.05) is 0 Å². The summed E-state index contributed by atoms with van der Waals surface area (Å²) in [5.74, 6) is -0.0961. The van der Waals surface area contributed by atoms with Crippen LogP contribution in [0.5, 0.6) is 0 Å². The van der Waals surface area contributed by atoms with E-state index >= 15 is 0 Å². The van der Waals surface area contributed by atoms with Crippen molar-refractivity contribution in [3.8, 4) is 0 Å². The van der Waals surface area contributed by atoms with Crippen molar-refractivity contribution in [3.63, 3.8) is 0 Å². The zero-order valence-corrected chi connectivity index (χ0v) is 14.9. The van der Waals surface area contributed by atoms with Crippen molar-refractivity contribution >= 4 is 10.0 Å². The lowest BCUT2D eigenvalue weighted by molar-refractivity contribution is -0.00134. The Bertz CT molecular complexity index is 700. The second kappa shape index (κ2) is 6.67. The third kappa shape index (κ3) is 3.46. The van der Waals surface area contributed by atoms with Gasteiger partial charge in [-0.15, -0.1) is 0 Å². The summed E-state index contributed by atoms with van der Waals surface area (Å²) in [5.41, 5.74) is 0.493. The van der Waals surface area contributed by atoms with Crippen LogP contribution in [0.3, 0.4) is 0 Å². The molecule has 3 rings (SSSR count). The summed E-state index contributed by atoms with van der Waals surface area (Å²) < 4.78 is 44.7. The minimum Gasteiger partial charge on any atom is -0.384 e. The number of nitrogens with zero attached hydrogens (tertiary/aromatic N) is 3. The molecule has 0 saturated carbocycles. The van der Waals surface area contributed by atoms with Gasteiger partial charge in [-0.25, -0.2) is 17.1 Å². The van der Waals surface area contributed by atoms with E-state index < -0.39 is 10.0 Å². The average Bonchev–Trinajstić information content (AvgIpc) is 2.89. The fraction of sp³-hybridized carbons (Fsp3) is 0.688. The number of ether oxygens (including phenoxy) is 1. The van der Waals surface area contributed by atoms with Crippen molar-refractivity contribution < 1.29 is 17.5 Å². The summed E-state index contributed by atoms with van der Waals surface area (Å²) in [4.78, 5) is 5.98. The van der Waals surface area contributed by atoms with Gasteiger partial charge in [0.2, 0.25) is 10.0 Å². The molecular weight excluding hydrogens is 333 g/mol. The van der Waals surface area contributed by atoms with Crippen molar-refractivity contribution in [2.45, 2.75) is 13.0 Å². The van der Waals surface area contributed by atoms with Gasteiger partial charge in [-0.3, -0.25) is 9.88 Å². The first-order chi connectivity index (χ1) is 11.3. The summed E-state index contributed by atoms with van der Waals surface area (Å²) in [6.45, 7) is 3.66. The van der Waals surface area contributed by atoms with Gasteiger partial charge in [0, 0.05) is 50.5 Å². The maximum absolute atomic E-state index is 13.8. The Morgan fingerprint density at radius 3 is 2.92 bits per heavy atom. The van der Waals surface area contributed by atoms with Crippen molar-refractivity contribution in [2.24, 2.45) is 11.3 Å². The molecule has 0 unspecified atom stereocenters. The van der Waals surface area contributed by atoms with Crippen molar-refractivity contribution in [1.29, 1.82) is 0 Å². The molecule has 3 heterocycles. The fourth-order valence-corrected chi connectivity index (χ4v) is 4.94. The van der Waals surface area contributed by atoms with Gasteiger partial charge < -0.3 is 4.74 Å². The second-order valence-electron chi connectivity index (χ2n) is 7.00. The highest BCUT2D eigenvalue weighted by Gasteiger charge is 2.51. The maximum atomic E-state index is 13.8. The van der Waals surface area contributed by atoms with Crippen LogP contribution in [-0.2, 0) is 21.3 Å². The molecule has 8 heteroatoms. The van der Waals surface area contributed by atoms with Gasteiger partial charge in [-0.2, -0.15) is 0 Å². The Morgan fingerprint density at radius 1 is 1.46 bits per heavy atom. The molecule has 0 aliphatic carbocycles. The van der Waals surface area contributed by atoms with Gasteiger partial charge in [-0.1, -0.05) is 0 Å². The largest absolute Gasteiger partial charge is 0.384 e. The monoisotopic (exact) mass is 357 g/mol. The third-order valence-corrected chi connectivity index (χ3v) is 6.55. The van der Waals surface area contributed by atoms with Gasteiger partial charge in [0.1, 0.15) is 5.82 Å². The first-order valence-corrected chi connectivity index (χ1v) is 9.94. The van der Waals surface area contributed by atoms with Crippen molar-refractivity contribution in [1.82, 2.24) is 14.2 Å². The molecule has 2 aliphatic rings. The smallest absolute Gasteiger partial charge is 0.211 e. The molecule has 0 spiro atoms. The molecule has 2 saturated heterocycles. The minimum absolute atomic E-state index is 0.134. The lowest BCUT2D eigenvalue weighted by Crippen LogP contribution is -2.48. The van der Waals surface area contributed by atoms with Crippen LogP contribution in [0, 0.1) is 17.2 Å². The molecule has 2 fully saturated rings. The molecule has 134 valence electrons. The van der Waals surface area contributed by atoms with Crippen LogP contribution >= 0.6 is 0 Å². The van der Waals surface area contributed by atoms with Crippen LogP contribution in [0.1, 0.15) is 12.0 Å². The molecule has 2 aliphatic heterocycles. The number of likely N-dealkylation sites (tertiary alicyclic amines) is 1. The lowest BCUT2D eigenvalue weighted by atomic mass is 9.73. The first-order valence-electron chi connectivity index (χ1n) is 8.09. The SMILES string of the molecule is COC[C@@]12CCN(Cc3ccncc3F)C[C@@H]1CN(S(C)(=O)=O)C2. The predicted octanol–water partition coefficient (Wildman–Crippen LogP) is 0.951. The molecule has 1 aromatic rings. The van der Waals surface area contributed by atoms with Crippen molar-refractivity contribution in [3.05, 3.63) is 29.8 Å². The van der Waals surface area contributed by atoms with E-state index in [4.69, 9.17) is 4.74 Å². The number of rotatable bonds is 5. The van der Waals surface area contributed by atoms with Gasteiger partial charge in [0.15, 0.2) is 0 Å². The number of sulfonamides is 1. The van der Waals surface area contributed by atoms with Crippen LogP contribution in [0.25, 0.3) is 0 Å². The Kier molecular flexibility index (Phi) is 4.92. The minimum atomic E-state index is -3.21. The first kappa shape index (κ1) is 17.7. The number of pyridine rings is 1. The number of hydrogen-bond donors (Lipinski definition) is 0. The number of methoxy groups -OCH3 is 1. The van der Waals surface area contributed by atoms with Crippen LogP contribution < -0.4 is 0 Å². The van der Waals surface area contributed by atoms with E-state index in [0.29, 0.717) is 31.8 Å². The summed E-state index contributed by atoms with van der Waals surface area (Å²) >= 11 is 0. The van der Waals surface area contributed by atoms with E-state index in [1.165, 1.54) is 12.5 Å². The quantitative estimate of drug-likeness (QED) is 0.785. The summed E-state index contributed by atoms with van der Waals surface area (Å²) in [5, 5.41) is 0. The van der Waals surface area contributed by atoms with E-state index in [2.05, 4.69) is 9.88 Å². The number of hydrogen-bond acceptors (Lipinski definition) is 5. The summed E-state index contributed by atoms with van der Waals surface area (Å²) in [6, 6.07) is 1.70. The maximum Gasteiger partial charge on any atom is 0.211 e. The molecule has 0 amide bonds. The van der Waals surface area contributed by atoms with Gasteiger partial charge in [-0.05, 0) is 24.9 Å². The number of fused-ring (bicyclic) bond motifs is 1. The molecule has 2 atom stereocenters. The third-order valence-electron chi connectivity index (χ3n) is 5.34. The predicted molar refractivity (Wildman–Crippen MR) is 88.3 cm³/mol. The normalized spacial score (nSPS) is 28.9. The van der Waals surface area contributed by atoms with Crippen molar-refractivity contribution in [2.75, 3.05) is 46.2 Å². The number of piperidine rings is 1. The van der Waals surface area contributed by atoms with Gasteiger partial charge in [0.25, 0.3) is 0 Å². The standard InChI is InChI=1S/C16H24FN3O3S/c1-23-12-16-4-6-19(8-13-3-5-18-7-15(13)17)9-14(16)10-20(11-16)24(2,21)22/h3,5,7,14H,4,6,8-12H2,1-2H3/t14-,16+/m1/s1. The highest BCUT2D eigenvalue weighted by atomic mass is 32.2. The van der Waals surface area contributed by atoms with E-state index in [9.17, 15) is 12.8 Å². The zero-order chi connectivity index (χ0) is 17.4. The Hall–Kier alpha value is -1.09. The molecular formula is C16H24FN3O3S. The van der Waals surface area contributed by atoms with Crippen LogP contribution in [0.4, 0.5) is 4.39 Å². The van der Waals surface area contributed by atoms with Crippen LogP contribution in [0.15, 0.2) is 18.5 Å². The zero-order valence-electron chi connectivity index (χ0n) is 14.1. The number of halogens is 1. The highest BCUT2D eigenvalue weighted by Crippen LogP contribution is 2.44. The topological polar surface area (TPSA) is 62.7 Å². The second-order valence-corrected chi connectivity index (χ2v) is 8.98.